The molecular weight excluding hydrogens is 446 g/mol. The van der Waals surface area contributed by atoms with Crippen LogP contribution in [0.25, 0.3) is 22.2 Å². The summed E-state index contributed by atoms with van der Waals surface area (Å²) in [5.74, 6) is 0.413. The molecule has 1 heterocycles. The number of hydrogen-bond acceptors (Lipinski definition) is 5. The third-order valence-corrected chi connectivity index (χ3v) is 7.93. The number of H-pyrrole nitrogens is 1. The van der Waals surface area contributed by atoms with E-state index in [1.807, 2.05) is 12.1 Å². The van der Waals surface area contributed by atoms with Crippen molar-refractivity contribution in [3.8, 4) is 11.3 Å². The standard InChI is InChI=1S/C23H23N3O4S2/c1-15(2)16-8-10-17(11-9-16)23-19-14-18(12-13-20(19)24-25-23)26-32(29,30)22-7-5-4-6-21(22)31(3,27)28/h4-15,26H,1-3H3,(H,24,25). The number of sulfonamides is 1. The lowest BCUT2D eigenvalue weighted by molar-refractivity contribution is 0.588. The molecule has 166 valence electrons. The summed E-state index contributed by atoms with van der Waals surface area (Å²) >= 11 is 0. The van der Waals surface area contributed by atoms with Crippen LogP contribution in [0.3, 0.4) is 0 Å². The van der Waals surface area contributed by atoms with Crippen molar-refractivity contribution >= 4 is 36.5 Å². The van der Waals surface area contributed by atoms with Crippen LogP contribution >= 0.6 is 0 Å². The summed E-state index contributed by atoms with van der Waals surface area (Å²) in [6.07, 6.45) is 0.982. The highest BCUT2D eigenvalue weighted by Gasteiger charge is 2.24. The first kappa shape index (κ1) is 22.0. The number of fused-ring (bicyclic) bond motifs is 1. The molecule has 0 saturated heterocycles. The van der Waals surface area contributed by atoms with Gasteiger partial charge in [0.15, 0.2) is 9.84 Å². The van der Waals surface area contributed by atoms with Crippen molar-refractivity contribution in [2.75, 3.05) is 11.0 Å². The SMILES string of the molecule is CC(C)c1ccc(-c2n[nH]c3ccc(NS(=O)(=O)c4ccccc4S(C)(=O)=O)cc23)cc1. The van der Waals surface area contributed by atoms with Gasteiger partial charge in [-0.15, -0.1) is 0 Å². The van der Waals surface area contributed by atoms with E-state index >= 15 is 0 Å². The minimum Gasteiger partial charge on any atom is -0.280 e. The third-order valence-electron chi connectivity index (χ3n) is 5.20. The van der Waals surface area contributed by atoms with Crippen molar-refractivity contribution in [2.24, 2.45) is 0 Å². The van der Waals surface area contributed by atoms with Gasteiger partial charge in [-0.05, 0) is 41.8 Å². The molecule has 1 aromatic heterocycles. The van der Waals surface area contributed by atoms with Crippen LogP contribution in [0.1, 0.15) is 25.3 Å². The van der Waals surface area contributed by atoms with E-state index in [1.54, 1.807) is 18.2 Å². The molecule has 4 rings (SSSR count). The molecule has 32 heavy (non-hydrogen) atoms. The quantitative estimate of drug-likeness (QED) is 0.430. The predicted molar refractivity (Wildman–Crippen MR) is 126 cm³/mol. The average molecular weight is 470 g/mol. The second-order valence-corrected chi connectivity index (χ2v) is 11.6. The second kappa shape index (κ2) is 8.07. The van der Waals surface area contributed by atoms with Gasteiger partial charge in [-0.25, -0.2) is 16.8 Å². The third kappa shape index (κ3) is 4.26. The van der Waals surface area contributed by atoms with Crippen LogP contribution in [0, 0.1) is 0 Å². The van der Waals surface area contributed by atoms with Gasteiger partial charge >= 0.3 is 0 Å². The smallest absolute Gasteiger partial charge is 0.263 e. The molecule has 0 aliphatic rings. The summed E-state index contributed by atoms with van der Waals surface area (Å²) < 4.78 is 52.6. The zero-order valence-corrected chi connectivity index (χ0v) is 19.5. The van der Waals surface area contributed by atoms with E-state index in [0.29, 0.717) is 17.3 Å². The van der Waals surface area contributed by atoms with Crippen molar-refractivity contribution in [3.63, 3.8) is 0 Å². The highest BCUT2D eigenvalue weighted by atomic mass is 32.2. The molecule has 0 aliphatic heterocycles. The molecule has 0 bridgehead atoms. The zero-order chi connectivity index (χ0) is 23.1. The van der Waals surface area contributed by atoms with Crippen molar-refractivity contribution in [1.82, 2.24) is 10.2 Å². The Balaban J connectivity index is 1.73. The molecule has 0 radical (unpaired) electrons. The first-order valence-corrected chi connectivity index (χ1v) is 13.3. The fourth-order valence-corrected chi connectivity index (χ4v) is 6.19. The van der Waals surface area contributed by atoms with Gasteiger partial charge in [-0.2, -0.15) is 5.10 Å². The van der Waals surface area contributed by atoms with E-state index in [0.717, 1.165) is 22.7 Å². The number of rotatable bonds is 6. The van der Waals surface area contributed by atoms with Gasteiger partial charge in [0, 0.05) is 22.9 Å². The number of hydrogen-bond donors (Lipinski definition) is 2. The van der Waals surface area contributed by atoms with Gasteiger partial charge in [0.1, 0.15) is 4.90 Å². The molecule has 2 N–H and O–H groups in total. The first-order chi connectivity index (χ1) is 15.1. The summed E-state index contributed by atoms with van der Waals surface area (Å²) in [6.45, 7) is 4.25. The maximum Gasteiger partial charge on any atom is 0.263 e. The van der Waals surface area contributed by atoms with Crippen LogP contribution in [0.5, 0.6) is 0 Å². The minimum atomic E-state index is -4.13. The number of nitrogens with one attached hydrogen (secondary N) is 2. The number of aromatic amines is 1. The summed E-state index contributed by atoms with van der Waals surface area (Å²) in [5.41, 5.74) is 3.89. The van der Waals surface area contributed by atoms with E-state index in [9.17, 15) is 16.8 Å². The molecule has 0 amide bonds. The van der Waals surface area contributed by atoms with Crippen LogP contribution in [0.15, 0.2) is 76.5 Å². The molecule has 9 heteroatoms. The monoisotopic (exact) mass is 469 g/mol. The minimum absolute atomic E-state index is 0.247. The summed E-state index contributed by atoms with van der Waals surface area (Å²) in [6, 6.07) is 18.6. The fourth-order valence-electron chi connectivity index (χ4n) is 3.51. The highest BCUT2D eigenvalue weighted by Crippen LogP contribution is 2.31. The van der Waals surface area contributed by atoms with Crippen molar-refractivity contribution in [3.05, 3.63) is 72.3 Å². The molecule has 0 atom stereocenters. The predicted octanol–water partition coefficient (Wildman–Crippen LogP) is 4.56. The van der Waals surface area contributed by atoms with Gasteiger partial charge in [-0.3, -0.25) is 9.82 Å². The lowest BCUT2D eigenvalue weighted by Crippen LogP contribution is -2.16. The van der Waals surface area contributed by atoms with E-state index in [2.05, 4.69) is 40.9 Å². The van der Waals surface area contributed by atoms with E-state index in [1.165, 1.54) is 29.8 Å². The number of nitrogens with zero attached hydrogens (tertiary/aromatic N) is 1. The number of aromatic nitrogens is 2. The van der Waals surface area contributed by atoms with E-state index in [4.69, 9.17) is 0 Å². The summed E-state index contributed by atoms with van der Waals surface area (Å²) in [4.78, 5) is -0.540. The Bertz CT molecular complexity index is 1500. The summed E-state index contributed by atoms with van der Waals surface area (Å²) in [7, 11) is -7.85. The number of benzene rings is 3. The lowest BCUT2D eigenvalue weighted by atomic mass is 10.00. The van der Waals surface area contributed by atoms with E-state index < -0.39 is 19.9 Å². The van der Waals surface area contributed by atoms with Gasteiger partial charge in [0.2, 0.25) is 0 Å². The Morgan fingerprint density at radius 3 is 2.16 bits per heavy atom. The van der Waals surface area contributed by atoms with Gasteiger partial charge < -0.3 is 0 Å². The Kier molecular flexibility index (Phi) is 5.56. The molecule has 0 spiro atoms. The Labute approximate surface area is 187 Å². The van der Waals surface area contributed by atoms with E-state index in [-0.39, 0.29) is 9.79 Å². The van der Waals surface area contributed by atoms with Gasteiger partial charge in [-0.1, -0.05) is 50.2 Å². The lowest BCUT2D eigenvalue weighted by Gasteiger charge is -2.11. The molecule has 0 aliphatic carbocycles. The fraction of sp³-hybridized carbons (Fsp3) is 0.174. The van der Waals surface area contributed by atoms with Crippen LogP contribution in [0.4, 0.5) is 5.69 Å². The second-order valence-electron chi connectivity index (χ2n) is 7.93. The molecule has 0 saturated carbocycles. The number of anilines is 1. The van der Waals surface area contributed by atoms with Crippen LogP contribution < -0.4 is 4.72 Å². The molecular formula is C23H23N3O4S2. The van der Waals surface area contributed by atoms with Crippen molar-refractivity contribution < 1.29 is 16.8 Å². The van der Waals surface area contributed by atoms with Crippen molar-refractivity contribution in [1.29, 1.82) is 0 Å². The topological polar surface area (TPSA) is 109 Å². The van der Waals surface area contributed by atoms with Gasteiger partial charge in [0.25, 0.3) is 10.0 Å². The van der Waals surface area contributed by atoms with Crippen LogP contribution in [0.2, 0.25) is 0 Å². The Morgan fingerprint density at radius 2 is 1.53 bits per heavy atom. The molecule has 3 aromatic carbocycles. The average Bonchev–Trinajstić information content (AvgIpc) is 3.16. The summed E-state index contributed by atoms with van der Waals surface area (Å²) in [5, 5.41) is 8.12. The first-order valence-electron chi connectivity index (χ1n) is 9.96. The van der Waals surface area contributed by atoms with Gasteiger partial charge in [0.05, 0.1) is 16.1 Å². The molecule has 0 unspecified atom stereocenters. The molecule has 4 aromatic rings. The van der Waals surface area contributed by atoms with Crippen LogP contribution in [-0.2, 0) is 19.9 Å². The van der Waals surface area contributed by atoms with Crippen LogP contribution in [-0.4, -0.2) is 33.3 Å². The maximum atomic E-state index is 13.0. The normalized spacial score (nSPS) is 12.4. The molecule has 7 nitrogen and oxygen atoms in total. The largest absolute Gasteiger partial charge is 0.280 e. The molecule has 0 fully saturated rings. The zero-order valence-electron chi connectivity index (χ0n) is 17.8. The highest BCUT2D eigenvalue weighted by molar-refractivity contribution is 7.95. The van der Waals surface area contributed by atoms with Crippen molar-refractivity contribution in [2.45, 2.75) is 29.6 Å². The maximum absolute atomic E-state index is 13.0. The number of sulfone groups is 1. The Morgan fingerprint density at radius 1 is 0.875 bits per heavy atom. The Hall–Kier alpha value is -3.17.